The van der Waals surface area contributed by atoms with Crippen molar-refractivity contribution in [3.63, 3.8) is 0 Å². The fourth-order valence-corrected chi connectivity index (χ4v) is 1.66. The average Bonchev–Trinajstić information content (AvgIpc) is 2.78. The highest BCUT2D eigenvalue weighted by Gasteiger charge is 2.22. The van der Waals surface area contributed by atoms with Gasteiger partial charge < -0.3 is 19.5 Å². The Hall–Kier alpha value is -1.31. The second kappa shape index (κ2) is 8.08. The molecule has 1 aromatic rings. The first kappa shape index (κ1) is 16.7. The maximum atomic E-state index is 11.8. The molecule has 0 aliphatic carbocycles. The third-order valence-corrected chi connectivity index (χ3v) is 2.67. The number of nitrogens with zero attached hydrogens (tertiary/aromatic N) is 2. The molecule has 0 aliphatic rings. The number of halogens is 2. The van der Waals surface area contributed by atoms with Crippen molar-refractivity contribution in [3.8, 4) is 0 Å². The maximum absolute atomic E-state index is 11.8. The molecule has 0 aliphatic heterocycles. The molecule has 2 amide bonds. The number of hydrogen-bond donors (Lipinski definition) is 1. The summed E-state index contributed by atoms with van der Waals surface area (Å²) < 4.78 is 9.68. The van der Waals surface area contributed by atoms with Gasteiger partial charge in [0, 0.05) is 19.7 Å². The van der Waals surface area contributed by atoms with Crippen LogP contribution in [0.4, 0.5) is 5.82 Å². The molecule has 0 saturated carbocycles. The van der Waals surface area contributed by atoms with E-state index in [0.717, 1.165) is 0 Å². The number of aromatic nitrogens is 1. The van der Waals surface area contributed by atoms with E-state index in [2.05, 4.69) is 10.5 Å². The lowest BCUT2D eigenvalue weighted by atomic mass is 10.4. The van der Waals surface area contributed by atoms with Crippen LogP contribution in [0.1, 0.15) is 5.76 Å². The molecular weight excluding hydrogens is 309 g/mol. The summed E-state index contributed by atoms with van der Waals surface area (Å²) >= 11 is 11.0. The van der Waals surface area contributed by atoms with Crippen molar-refractivity contribution in [2.24, 2.45) is 0 Å². The van der Waals surface area contributed by atoms with E-state index in [-0.39, 0.29) is 25.5 Å². The number of ether oxygens (including phenoxy) is 1. The number of anilines is 1. The van der Waals surface area contributed by atoms with Crippen LogP contribution in [-0.4, -0.2) is 53.5 Å². The fourth-order valence-electron chi connectivity index (χ4n) is 1.39. The molecule has 20 heavy (non-hydrogen) atoms. The van der Waals surface area contributed by atoms with Gasteiger partial charge in [-0.25, -0.2) is 0 Å². The largest absolute Gasteiger partial charge is 0.383 e. The minimum atomic E-state index is -1.23. The second-order valence-electron chi connectivity index (χ2n) is 3.92. The van der Waals surface area contributed by atoms with Crippen molar-refractivity contribution in [1.29, 1.82) is 0 Å². The molecule has 1 N–H and O–H groups in total. The van der Waals surface area contributed by atoms with E-state index in [9.17, 15) is 9.59 Å². The van der Waals surface area contributed by atoms with Gasteiger partial charge in [-0.3, -0.25) is 9.59 Å². The highest BCUT2D eigenvalue weighted by Crippen LogP contribution is 2.09. The Bertz CT molecular complexity index is 464. The van der Waals surface area contributed by atoms with Gasteiger partial charge in [0.25, 0.3) is 5.91 Å². The van der Waals surface area contributed by atoms with Crippen LogP contribution in [0.5, 0.6) is 0 Å². The zero-order valence-corrected chi connectivity index (χ0v) is 12.6. The number of alkyl halides is 2. The number of amides is 2. The molecule has 0 bridgehead atoms. The first-order chi connectivity index (χ1) is 9.43. The zero-order chi connectivity index (χ0) is 15.1. The standard InChI is InChI=1S/C11H15Cl2N3O4/c1-7-5-8(15-20-7)14-9(17)6-16(3-4-19-2)11(18)10(12)13/h5,10H,3-4,6H2,1-2H3,(H,14,15,17). The fraction of sp³-hybridized carbons (Fsp3) is 0.545. The van der Waals surface area contributed by atoms with Gasteiger partial charge in [-0.05, 0) is 6.92 Å². The van der Waals surface area contributed by atoms with Crippen LogP contribution in [0.3, 0.4) is 0 Å². The van der Waals surface area contributed by atoms with Crippen molar-refractivity contribution < 1.29 is 18.8 Å². The lowest BCUT2D eigenvalue weighted by Crippen LogP contribution is -2.42. The minimum Gasteiger partial charge on any atom is -0.383 e. The van der Waals surface area contributed by atoms with E-state index >= 15 is 0 Å². The van der Waals surface area contributed by atoms with Crippen LogP contribution < -0.4 is 5.32 Å². The van der Waals surface area contributed by atoms with Crippen LogP contribution in [0.15, 0.2) is 10.6 Å². The van der Waals surface area contributed by atoms with Crippen molar-refractivity contribution >= 4 is 40.8 Å². The Kier molecular flexibility index (Phi) is 6.77. The number of hydrogen-bond acceptors (Lipinski definition) is 5. The van der Waals surface area contributed by atoms with Crippen LogP contribution in [0, 0.1) is 6.92 Å². The van der Waals surface area contributed by atoms with Gasteiger partial charge in [-0.15, -0.1) is 0 Å². The number of carbonyl (C=O) groups excluding carboxylic acids is 2. The van der Waals surface area contributed by atoms with Crippen molar-refractivity contribution in [3.05, 3.63) is 11.8 Å². The molecule has 0 atom stereocenters. The van der Waals surface area contributed by atoms with Crippen molar-refractivity contribution in [1.82, 2.24) is 10.1 Å². The predicted molar refractivity (Wildman–Crippen MR) is 73.8 cm³/mol. The summed E-state index contributed by atoms with van der Waals surface area (Å²) in [7, 11) is 1.49. The Morgan fingerprint density at radius 2 is 2.25 bits per heavy atom. The lowest BCUT2D eigenvalue weighted by molar-refractivity contribution is -0.133. The number of carbonyl (C=O) groups is 2. The smallest absolute Gasteiger partial charge is 0.256 e. The second-order valence-corrected chi connectivity index (χ2v) is 5.02. The molecule has 0 spiro atoms. The predicted octanol–water partition coefficient (Wildman–Crippen LogP) is 1.20. The third-order valence-electron chi connectivity index (χ3n) is 2.29. The molecule has 9 heteroatoms. The van der Waals surface area contributed by atoms with Gasteiger partial charge in [-0.1, -0.05) is 28.4 Å². The number of rotatable bonds is 7. The van der Waals surface area contributed by atoms with Crippen LogP contribution in [0.2, 0.25) is 0 Å². The van der Waals surface area contributed by atoms with Gasteiger partial charge in [0.05, 0.1) is 6.61 Å². The molecular formula is C11H15Cl2N3O4. The molecule has 1 heterocycles. The monoisotopic (exact) mass is 323 g/mol. The number of methoxy groups -OCH3 is 1. The van der Waals surface area contributed by atoms with E-state index < -0.39 is 16.7 Å². The molecule has 0 saturated heterocycles. The van der Waals surface area contributed by atoms with E-state index in [0.29, 0.717) is 5.76 Å². The molecule has 7 nitrogen and oxygen atoms in total. The quantitative estimate of drug-likeness (QED) is 0.762. The van der Waals surface area contributed by atoms with E-state index in [4.69, 9.17) is 32.5 Å². The Morgan fingerprint density at radius 1 is 1.55 bits per heavy atom. The van der Waals surface area contributed by atoms with E-state index in [1.165, 1.54) is 12.0 Å². The summed E-state index contributed by atoms with van der Waals surface area (Å²) in [5.74, 6) is -0.150. The molecule has 0 radical (unpaired) electrons. The highest BCUT2D eigenvalue weighted by molar-refractivity contribution is 6.53. The summed E-state index contributed by atoms with van der Waals surface area (Å²) in [4.78, 5) is 23.5. The van der Waals surface area contributed by atoms with Gasteiger partial charge in [-0.2, -0.15) is 0 Å². The SMILES string of the molecule is COCCN(CC(=O)Nc1cc(C)on1)C(=O)C(Cl)Cl. The van der Waals surface area contributed by atoms with Gasteiger partial charge in [0.2, 0.25) is 5.91 Å². The molecule has 112 valence electrons. The normalized spacial score (nSPS) is 10.7. The van der Waals surface area contributed by atoms with Crippen molar-refractivity contribution in [2.75, 3.05) is 32.1 Å². The lowest BCUT2D eigenvalue weighted by Gasteiger charge is -2.21. The average molecular weight is 324 g/mol. The summed E-state index contributed by atoms with van der Waals surface area (Å²) in [5.41, 5.74) is 0. The summed E-state index contributed by atoms with van der Waals surface area (Å²) in [6.07, 6.45) is 0. The molecule has 0 aromatic carbocycles. The van der Waals surface area contributed by atoms with Gasteiger partial charge in [0.15, 0.2) is 10.7 Å². The maximum Gasteiger partial charge on any atom is 0.256 e. The zero-order valence-electron chi connectivity index (χ0n) is 11.1. The van der Waals surface area contributed by atoms with Gasteiger partial charge >= 0.3 is 0 Å². The molecule has 1 rings (SSSR count). The van der Waals surface area contributed by atoms with Gasteiger partial charge in [0.1, 0.15) is 12.3 Å². The summed E-state index contributed by atoms with van der Waals surface area (Å²) in [6, 6.07) is 1.56. The Morgan fingerprint density at radius 3 is 2.75 bits per heavy atom. The number of aryl methyl sites for hydroxylation is 1. The first-order valence-corrected chi connectivity index (χ1v) is 6.60. The Labute approximate surface area is 126 Å². The topological polar surface area (TPSA) is 84.7 Å². The first-order valence-electron chi connectivity index (χ1n) is 5.73. The highest BCUT2D eigenvalue weighted by atomic mass is 35.5. The summed E-state index contributed by atoms with van der Waals surface area (Å²) in [5, 5.41) is 6.12. The van der Waals surface area contributed by atoms with Crippen LogP contribution >= 0.6 is 23.2 Å². The number of nitrogens with one attached hydrogen (secondary N) is 1. The Balaban J connectivity index is 2.59. The molecule has 0 fully saturated rings. The molecule has 0 unspecified atom stereocenters. The van der Waals surface area contributed by atoms with Crippen molar-refractivity contribution in [2.45, 2.75) is 11.8 Å². The summed E-state index contributed by atoms with van der Waals surface area (Å²) in [6.45, 7) is 1.96. The third kappa shape index (κ3) is 5.36. The van der Waals surface area contributed by atoms with E-state index in [1.807, 2.05) is 0 Å². The minimum absolute atomic E-state index is 0.204. The van der Waals surface area contributed by atoms with E-state index in [1.54, 1.807) is 13.0 Å². The van der Waals surface area contributed by atoms with Crippen LogP contribution in [-0.2, 0) is 14.3 Å². The molecule has 1 aromatic heterocycles. The van der Waals surface area contributed by atoms with Crippen LogP contribution in [0.25, 0.3) is 0 Å².